The van der Waals surface area contributed by atoms with Gasteiger partial charge in [-0.25, -0.2) is 0 Å². The Morgan fingerprint density at radius 3 is 2.61 bits per heavy atom. The zero-order valence-corrected chi connectivity index (χ0v) is 11.4. The summed E-state index contributed by atoms with van der Waals surface area (Å²) in [5.41, 5.74) is 0.863. The van der Waals surface area contributed by atoms with Gasteiger partial charge in [-0.3, -0.25) is 4.79 Å². The molecule has 2 N–H and O–H groups in total. The summed E-state index contributed by atoms with van der Waals surface area (Å²) in [6.07, 6.45) is 0. The molecule has 0 aromatic heterocycles. The summed E-state index contributed by atoms with van der Waals surface area (Å²) < 4.78 is 0. The van der Waals surface area contributed by atoms with Crippen molar-refractivity contribution in [3.63, 3.8) is 0 Å². The molecular formula is C13H16ClN3O. The minimum atomic E-state index is -0.148. The minimum Gasteiger partial charge on any atom is -0.325 e. The Kier molecular flexibility index (Phi) is 4.71. The van der Waals surface area contributed by atoms with Crippen molar-refractivity contribution in [1.29, 1.82) is 5.26 Å². The molecule has 0 heterocycles. The number of hydrogen-bond donors (Lipinski definition) is 2. The van der Waals surface area contributed by atoms with Crippen molar-refractivity contribution in [3.8, 4) is 6.07 Å². The highest BCUT2D eigenvalue weighted by atomic mass is 35.5. The fraction of sp³-hybridized carbons (Fsp3) is 0.385. The molecule has 0 spiro atoms. The van der Waals surface area contributed by atoms with Gasteiger partial charge in [0.1, 0.15) is 6.07 Å². The van der Waals surface area contributed by atoms with Gasteiger partial charge in [0, 0.05) is 11.2 Å². The third-order valence-electron chi connectivity index (χ3n) is 2.15. The fourth-order valence-electron chi connectivity index (χ4n) is 1.23. The van der Waals surface area contributed by atoms with Crippen LogP contribution in [0.25, 0.3) is 0 Å². The van der Waals surface area contributed by atoms with E-state index in [4.69, 9.17) is 16.9 Å². The van der Waals surface area contributed by atoms with Crippen LogP contribution in [0.15, 0.2) is 18.2 Å². The third-order valence-corrected chi connectivity index (χ3v) is 2.47. The number of halogens is 1. The molecule has 1 amide bonds. The maximum Gasteiger partial charge on any atom is 0.238 e. The molecule has 0 aliphatic rings. The van der Waals surface area contributed by atoms with Crippen molar-refractivity contribution < 1.29 is 4.79 Å². The van der Waals surface area contributed by atoms with Crippen LogP contribution in [0.4, 0.5) is 5.69 Å². The van der Waals surface area contributed by atoms with Crippen molar-refractivity contribution in [2.45, 2.75) is 26.3 Å². The molecule has 0 aliphatic heterocycles. The third kappa shape index (κ3) is 4.74. The molecule has 0 bridgehead atoms. The van der Waals surface area contributed by atoms with Gasteiger partial charge in [0.25, 0.3) is 0 Å². The van der Waals surface area contributed by atoms with E-state index in [1.165, 1.54) is 0 Å². The van der Waals surface area contributed by atoms with E-state index in [1.54, 1.807) is 18.2 Å². The molecule has 0 atom stereocenters. The Balaban J connectivity index is 2.61. The Morgan fingerprint density at radius 1 is 1.44 bits per heavy atom. The number of amides is 1. The van der Waals surface area contributed by atoms with Crippen LogP contribution in [0, 0.1) is 11.3 Å². The molecule has 0 saturated carbocycles. The SMILES string of the molecule is CC(C)(C)NCC(=O)Nc1ccc(C#N)c(Cl)c1. The number of nitriles is 1. The van der Waals surface area contributed by atoms with Crippen molar-refractivity contribution in [3.05, 3.63) is 28.8 Å². The Labute approximate surface area is 112 Å². The highest BCUT2D eigenvalue weighted by Crippen LogP contribution is 2.19. The molecule has 0 radical (unpaired) electrons. The minimum absolute atomic E-state index is 0.111. The Morgan fingerprint density at radius 2 is 2.11 bits per heavy atom. The van der Waals surface area contributed by atoms with Gasteiger partial charge >= 0.3 is 0 Å². The van der Waals surface area contributed by atoms with E-state index in [9.17, 15) is 4.79 Å². The standard InChI is InChI=1S/C13H16ClN3O/c1-13(2,3)16-8-12(18)17-10-5-4-9(7-15)11(14)6-10/h4-6,16H,8H2,1-3H3,(H,17,18). The second kappa shape index (κ2) is 5.85. The van der Waals surface area contributed by atoms with Gasteiger partial charge in [0.15, 0.2) is 0 Å². The van der Waals surface area contributed by atoms with Crippen LogP contribution in [0.2, 0.25) is 5.02 Å². The van der Waals surface area contributed by atoms with Crippen LogP contribution in [-0.2, 0) is 4.79 Å². The Hall–Kier alpha value is -1.57. The van der Waals surface area contributed by atoms with Gasteiger partial charge in [-0.05, 0) is 39.0 Å². The molecule has 0 aliphatic carbocycles. The molecule has 96 valence electrons. The quantitative estimate of drug-likeness (QED) is 0.883. The average Bonchev–Trinajstić information content (AvgIpc) is 2.26. The summed E-state index contributed by atoms with van der Waals surface area (Å²) in [5, 5.41) is 14.9. The predicted molar refractivity (Wildman–Crippen MR) is 72.6 cm³/mol. The van der Waals surface area contributed by atoms with Crippen molar-refractivity contribution in [2.75, 3.05) is 11.9 Å². The second-order valence-corrected chi connectivity index (χ2v) is 5.37. The van der Waals surface area contributed by atoms with Crippen molar-refractivity contribution >= 4 is 23.2 Å². The van der Waals surface area contributed by atoms with Gasteiger partial charge in [-0.15, -0.1) is 0 Å². The lowest BCUT2D eigenvalue weighted by Gasteiger charge is -2.20. The van der Waals surface area contributed by atoms with Gasteiger partial charge in [0.05, 0.1) is 17.1 Å². The average molecular weight is 266 g/mol. The summed E-state index contributed by atoms with van der Waals surface area (Å²) in [5.74, 6) is -0.148. The number of carbonyl (C=O) groups excluding carboxylic acids is 1. The first-order valence-electron chi connectivity index (χ1n) is 5.56. The molecule has 0 unspecified atom stereocenters. The molecule has 1 aromatic carbocycles. The molecule has 4 nitrogen and oxygen atoms in total. The largest absolute Gasteiger partial charge is 0.325 e. The zero-order valence-electron chi connectivity index (χ0n) is 10.7. The lowest BCUT2D eigenvalue weighted by molar-refractivity contribution is -0.115. The van der Waals surface area contributed by atoms with E-state index >= 15 is 0 Å². The zero-order chi connectivity index (χ0) is 13.8. The number of rotatable bonds is 3. The van der Waals surface area contributed by atoms with Crippen LogP contribution in [0.1, 0.15) is 26.3 Å². The molecule has 18 heavy (non-hydrogen) atoms. The molecule has 0 fully saturated rings. The van der Waals surface area contributed by atoms with Gasteiger partial charge < -0.3 is 10.6 Å². The topological polar surface area (TPSA) is 64.9 Å². The number of benzene rings is 1. The van der Waals surface area contributed by atoms with E-state index in [1.807, 2.05) is 26.8 Å². The number of carbonyl (C=O) groups is 1. The Bertz CT molecular complexity index is 486. The highest BCUT2D eigenvalue weighted by molar-refractivity contribution is 6.32. The number of hydrogen-bond acceptors (Lipinski definition) is 3. The van der Waals surface area contributed by atoms with Crippen molar-refractivity contribution in [1.82, 2.24) is 5.32 Å². The summed E-state index contributed by atoms with van der Waals surface area (Å²) in [6.45, 7) is 6.18. The summed E-state index contributed by atoms with van der Waals surface area (Å²) in [4.78, 5) is 11.6. The van der Waals surface area contributed by atoms with Gasteiger partial charge in [0.2, 0.25) is 5.91 Å². The van der Waals surface area contributed by atoms with E-state index in [2.05, 4.69) is 10.6 Å². The molecule has 1 aromatic rings. The number of anilines is 1. The smallest absolute Gasteiger partial charge is 0.238 e. The lowest BCUT2D eigenvalue weighted by Crippen LogP contribution is -2.41. The van der Waals surface area contributed by atoms with Crippen LogP contribution in [0.5, 0.6) is 0 Å². The molecule has 0 saturated heterocycles. The maximum atomic E-state index is 11.6. The van der Waals surface area contributed by atoms with Gasteiger partial charge in [-0.1, -0.05) is 11.6 Å². The first-order valence-corrected chi connectivity index (χ1v) is 5.94. The van der Waals surface area contributed by atoms with Crippen LogP contribution in [0.3, 0.4) is 0 Å². The first kappa shape index (κ1) is 14.5. The summed E-state index contributed by atoms with van der Waals surface area (Å²) >= 11 is 5.87. The van der Waals surface area contributed by atoms with E-state index < -0.39 is 0 Å². The number of nitrogens with one attached hydrogen (secondary N) is 2. The maximum absolute atomic E-state index is 11.6. The van der Waals surface area contributed by atoms with Crippen LogP contribution >= 0.6 is 11.6 Å². The molecule has 5 heteroatoms. The first-order chi connectivity index (χ1) is 8.31. The monoisotopic (exact) mass is 265 g/mol. The number of nitrogens with zero attached hydrogens (tertiary/aromatic N) is 1. The van der Waals surface area contributed by atoms with E-state index in [0.29, 0.717) is 16.3 Å². The second-order valence-electron chi connectivity index (χ2n) is 4.96. The van der Waals surface area contributed by atoms with Crippen molar-refractivity contribution in [2.24, 2.45) is 0 Å². The van der Waals surface area contributed by atoms with Gasteiger partial charge in [-0.2, -0.15) is 5.26 Å². The van der Waals surface area contributed by atoms with E-state index in [0.717, 1.165) is 0 Å². The van der Waals surface area contributed by atoms with Crippen LogP contribution in [-0.4, -0.2) is 18.0 Å². The lowest BCUT2D eigenvalue weighted by atomic mass is 10.1. The normalized spacial score (nSPS) is 10.8. The molecule has 1 rings (SSSR count). The van der Waals surface area contributed by atoms with Crippen LogP contribution < -0.4 is 10.6 Å². The molecular weight excluding hydrogens is 250 g/mol. The summed E-state index contributed by atoms with van der Waals surface area (Å²) in [7, 11) is 0. The summed E-state index contributed by atoms with van der Waals surface area (Å²) in [6, 6.07) is 6.76. The van der Waals surface area contributed by atoms with E-state index in [-0.39, 0.29) is 18.0 Å². The highest BCUT2D eigenvalue weighted by Gasteiger charge is 2.11. The predicted octanol–water partition coefficient (Wildman–Crippen LogP) is 2.54. The fourth-order valence-corrected chi connectivity index (χ4v) is 1.46.